The summed E-state index contributed by atoms with van der Waals surface area (Å²) in [6.45, 7) is 2.24. The number of fused-ring (bicyclic) bond motifs is 1. The van der Waals surface area contributed by atoms with Gasteiger partial charge in [0.1, 0.15) is 24.6 Å². The van der Waals surface area contributed by atoms with E-state index in [0.717, 1.165) is 24.8 Å². The zero-order valence-electron chi connectivity index (χ0n) is 18.4. The number of aromatic nitrogens is 4. The van der Waals surface area contributed by atoms with Crippen molar-refractivity contribution in [2.75, 3.05) is 11.9 Å². The van der Waals surface area contributed by atoms with Gasteiger partial charge in [-0.05, 0) is 31.7 Å². The van der Waals surface area contributed by atoms with Crippen molar-refractivity contribution in [3.05, 3.63) is 48.0 Å². The van der Waals surface area contributed by atoms with Crippen LogP contribution in [0.4, 0.5) is 5.82 Å². The van der Waals surface area contributed by atoms with Crippen molar-refractivity contribution in [2.45, 2.75) is 69.5 Å². The molecule has 2 aliphatic rings. The highest BCUT2D eigenvalue weighted by molar-refractivity contribution is 5.82. The molecule has 1 aromatic carbocycles. The van der Waals surface area contributed by atoms with E-state index in [1.807, 2.05) is 6.07 Å². The second-order valence-corrected chi connectivity index (χ2v) is 8.80. The molecule has 0 radical (unpaired) electrons. The van der Waals surface area contributed by atoms with Gasteiger partial charge in [-0.1, -0.05) is 29.8 Å². The number of hydrogen-bond acceptors (Lipinski definition) is 9. The van der Waals surface area contributed by atoms with Crippen LogP contribution in [0.3, 0.4) is 0 Å². The minimum Gasteiger partial charge on any atom is -0.394 e. The largest absolute Gasteiger partial charge is 0.394 e. The maximum Gasteiger partial charge on any atom is 0.167 e. The lowest BCUT2D eigenvalue weighted by atomic mass is 10.1. The maximum atomic E-state index is 10.4. The summed E-state index contributed by atoms with van der Waals surface area (Å²) in [5.41, 5.74) is 3.38. The summed E-state index contributed by atoms with van der Waals surface area (Å²) < 4.78 is 13.4. The number of rotatable bonds is 7. The van der Waals surface area contributed by atoms with Crippen LogP contribution in [0.15, 0.2) is 36.9 Å². The molecule has 6 atom stereocenters. The van der Waals surface area contributed by atoms with E-state index in [4.69, 9.17) is 9.47 Å². The number of anilines is 1. The summed E-state index contributed by atoms with van der Waals surface area (Å²) in [7, 11) is 0. The van der Waals surface area contributed by atoms with Crippen LogP contribution in [-0.4, -0.2) is 71.9 Å². The molecule has 10 heteroatoms. The van der Waals surface area contributed by atoms with Gasteiger partial charge in [0.15, 0.2) is 23.2 Å². The minimum absolute atomic E-state index is 0.0538. The predicted molar refractivity (Wildman–Crippen MR) is 119 cm³/mol. The van der Waals surface area contributed by atoms with Crippen molar-refractivity contribution < 1.29 is 24.8 Å². The standard InChI is InChI=1S/C23H29N5O5/c1-13-4-2-5-14(8-13)10-32-16-7-3-6-15(16)27-21-18-22(25-11-24-21)28(12-26-18)23-20(31)19(30)17(9-29)33-23/h2,4-5,8,11-12,15-17,19-20,23,29-31H,3,6-7,9-10H2,1H3,(H,24,25,27)/t15-,16?,17?,19+,20+,23?/m0/s1. The van der Waals surface area contributed by atoms with Gasteiger partial charge in [-0.2, -0.15) is 0 Å². The Morgan fingerprint density at radius 3 is 2.85 bits per heavy atom. The van der Waals surface area contributed by atoms with E-state index in [9.17, 15) is 15.3 Å². The van der Waals surface area contributed by atoms with Gasteiger partial charge in [-0.3, -0.25) is 4.57 Å². The van der Waals surface area contributed by atoms with Crippen LogP contribution >= 0.6 is 0 Å². The molecule has 33 heavy (non-hydrogen) atoms. The zero-order chi connectivity index (χ0) is 22.9. The van der Waals surface area contributed by atoms with Crippen LogP contribution in [-0.2, 0) is 16.1 Å². The van der Waals surface area contributed by atoms with E-state index in [1.165, 1.54) is 18.2 Å². The Morgan fingerprint density at radius 2 is 2.06 bits per heavy atom. The molecule has 5 rings (SSSR count). The Labute approximate surface area is 191 Å². The first kappa shape index (κ1) is 22.2. The smallest absolute Gasteiger partial charge is 0.167 e. The summed E-state index contributed by atoms with van der Waals surface area (Å²) in [4.78, 5) is 13.2. The first-order valence-corrected chi connectivity index (χ1v) is 11.3. The van der Waals surface area contributed by atoms with Crippen molar-refractivity contribution in [1.82, 2.24) is 19.5 Å². The van der Waals surface area contributed by atoms with Gasteiger partial charge >= 0.3 is 0 Å². The highest BCUT2D eigenvalue weighted by atomic mass is 16.6. The molecule has 1 aliphatic heterocycles. The average molecular weight is 456 g/mol. The molecule has 2 aromatic heterocycles. The van der Waals surface area contributed by atoms with Crippen molar-refractivity contribution in [3.63, 3.8) is 0 Å². The van der Waals surface area contributed by atoms with Crippen LogP contribution < -0.4 is 5.32 Å². The molecule has 10 nitrogen and oxygen atoms in total. The van der Waals surface area contributed by atoms with Crippen LogP contribution in [0.5, 0.6) is 0 Å². The van der Waals surface area contributed by atoms with Crippen molar-refractivity contribution in [2.24, 2.45) is 0 Å². The number of aryl methyl sites for hydroxylation is 1. The Hall–Kier alpha value is -2.63. The zero-order valence-corrected chi connectivity index (χ0v) is 18.4. The fourth-order valence-electron chi connectivity index (χ4n) is 4.73. The molecule has 3 heterocycles. The normalized spacial score (nSPS) is 29.7. The minimum atomic E-state index is -1.21. The Kier molecular flexibility index (Phi) is 6.26. The van der Waals surface area contributed by atoms with Crippen LogP contribution in [0.1, 0.15) is 36.6 Å². The highest BCUT2D eigenvalue weighted by Crippen LogP contribution is 2.33. The first-order valence-electron chi connectivity index (χ1n) is 11.3. The van der Waals surface area contributed by atoms with Crippen molar-refractivity contribution in [3.8, 4) is 0 Å². The molecule has 0 amide bonds. The van der Waals surface area contributed by atoms with Gasteiger partial charge < -0.3 is 30.1 Å². The molecule has 3 unspecified atom stereocenters. The van der Waals surface area contributed by atoms with Gasteiger partial charge in [-0.25, -0.2) is 15.0 Å². The topological polar surface area (TPSA) is 135 Å². The van der Waals surface area contributed by atoms with Gasteiger partial charge in [0.25, 0.3) is 0 Å². The summed E-state index contributed by atoms with van der Waals surface area (Å²) in [6.07, 6.45) is 1.80. The number of imidazole rings is 1. The summed E-state index contributed by atoms with van der Waals surface area (Å²) in [5.74, 6) is 0.585. The quantitative estimate of drug-likeness (QED) is 0.416. The lowest BCUT2D eigenvalue weighted by Crippen LogP contribution is -2.33. The summed E-state index contributed by atoms with van der Waals surface area (Å²) >= 11 is 0. The fourth-order valence-corrected chi connectivity index (χ4v) is 4.73. The number of hydrogen-bond donors (Lipinski definition) is 4. The number of aliphatic hydroxyl groups excluding tert-OH is 3. The molecule has 176 valence electrons. The molecular weight excluding hydrogens is 426 g/mol. The van der Waals surface area contributed by atoms with E-state index < -0.39 is 31.1 Å². The lowest BCUT2D eigenvalue weighted by Gasteiger charge is -2.22. The first-order chi connectivity index (χ1) is 16.0. The third kappa shape index (κ3) is 4.32. The monoisotopic (exact) mass is 455 g/mol. The lowest BCUT2D eigenvalue weighted by molar-refractivity contribution is -0.0511. The predicted octanol–water partition coefficient (Wildman–Crippen LogP) is 1.30. The molecule has 1 saturated heterocycles. The molecule has 3 aromatic rings. The van der Waals surface area contributed by atoms with Crippen molar-refractivity contribution >= 4 is 17.0 Å². The molecule has 1 aliphatic carbocycles. The number of ether oxygens (including phenoxy) is 2. The molecule has 4 N–H and O–H groups in total. The Morgan fingerprint density at radius 1 is 1.18 bits per heavy atom. The van der Waals surface area contributed by atoms with E-state index in [2.05, 4.69) is 45.4 Å². The SMILES string of the molecule is Cc1cccc(COC2CCC[C@@H]2Nc2ncnc3c2ncn3C2OC(CO)[C@@H](O)[C@H]2O)c1. The second kappa shape index (κ2) is 9.32. The fraction of sp³-hybridized carbons (Fsp3) is 0.522. The Bertz CT molecular complexity index is 1110. The van der Waals surface area contributed by atoms with Gasteiger partial charge in [-0.15, -0.1) is 0 Å². The van der Waals surface area contributed by atoms with Crippen LogP contribution in [0, 0.1) is 6.92 Å². The van der Waals surface area contributed by atoms with E-state index in [0.29, 0.717) is 23.6 Å². The van der Waals surface area contributed by atoms with Gasteiger partial charge in [0.05, 0.1) is 31.7 Å². The third-order valence-electron chi connectivity index (χ3n) is 6.47. The van der Waals surface area contributed by atoms with Crippen molar-refractivity contribution in [1.29, 1.82) is 0 Å². The summed E-state index contributed by atoms with van der Waals surface area (Å²) in [5, 5.41) is 33.3. The number of aliphatic hydroxyl groups is 3. The summed E-state index contributed by atoms with van der Waals surface area (Å²) in [6, 6.07) is 8.41. The number of benzene rings is 1. The van der Waals surface area contributed by atoms with Gasteiger partial charge in [0.2, 0.25) is 0 Å². The highest BCUT2D eigenvalue weighted by Gasteiger charge is 2.44. The van der Waals surface area contributed by atoms with Gasteiger partial charge in [0, 0.05) is 0 Å². The molecular formula is C23H29N5O5. The van der Waals surface area contributed by atoms with E-state index in [-0.39, 0.29) is 12.1 Å². The van der Waals surface area contributed by atoms with Crippen LogP contribution in [0.2, 0.25) is 0 Å². The average Bonchev–Trinajstić information content (AvgIpc) is 3.51. The molecule has 2 fully saturated rings. The second-order valence-electron chi connectivity index (χ2n) is 8.80. The number of nitrogens with zero attached hydrogens (tertiary/aromatic N) is 4. The molecule has 0 bridgehead atoms. The molecule has 0 spiro atoms. The Balaban J connectivity index is 1.32. The number of nitrogens with one attached hydrogen (secondary N) is 1. The third-order valence-corrected chi connectivity index (χ3v) is 6.47. The van der Waals surface area contributed by atoms with E-state index >= 15 is 0 Å². The van der Waals surface area contributed by atoms with Crippen LogP contribution in [0.25, 0.3) is 11.2 Å². The van der Waals surface area contributed by atoms with E-state index in [1.54, 1.807) is 4.57 Å². The molecule has 1 saturated carbocycles. The maximum absolute atomic E-state index is 10.4.